The Balaban J connectivity index is 2.96. The lowest BCUT2D eigenvalue weighted by atomic mass is 10.1. The van der Waals surface area contributed by atoms with Crippen molar-refractivity contribution in [1.82, 2.24) is 0 Å². The second-order valence-corrected chi connectivity index (χ2v) is 3.30. The minimum atomic E-state index is 0.351. The third-order valence-electron chi connectivity index (χ3n) is 1.78. The normalized spacial score (nSPS) is 10.7. The monoisotopic (exact) mass is 168 g/mol. The quantitative estimate of drug-likeness (QED) is 0.516. The molecule has 0 unspecified atom stereocenters. The van der Waals surface area contributed by atoms with Gasteiger partial charge in [0, 0.05) is 0 Å². The van der Waals surface area contributed by atoms with Crippen molar-refractivity contribution in [1.29, 1.82) is 0 Å². The highest BCUT2D eigenvalue weighted by atomic mass is 16.3. The van der Waals surface area contributed by atoms with Crippen molar-refractivity contribution >= 4 is 5.69 Å². The molecule has 0 aliphatic rings. The van der Waals surface area contributed by atoms with Crippen LogP contribution < -0.4 is 10.6 Å². The van der Waals surface area contributed by atoms with E-state index in [9.17, 15) is 5.11 Å². The first-order valence-corrected chi connectivity index (χ1v) is 4.03. The summed E-state index contributed by atoms with van der Waals surface area (Å²) < 4.78 is 0. The van der Waals surface area contributed by atoms with Gasteiger partial charge in [-0.1, -0.05) is 6.07 Å². The van der Waals surface area contributed by atoms with E-state index in [0.29, 0.717) is 5.75 Å². The Kier molecular flexibility index (Phi) is 2.68. The van der Waals surface area contributed by atoms with Gasteiger partial charge in [-0.2, -0.15) is 0 Å². The van der Waals surface area contributed by atoms with E-state index in [1.165, 1.54) is 4.90 Å². The minimum absolute atomic E-state index is 0.351. The lowest BCUT2D eigenvalue weighted by Crippen LogP contribution is -3.04. The van der Waals surface area contributed by atoms with Crippen LogP contribution in [0.2, 0.25) is 0 Å². The summed E-state index contributed by atoms with van der Waals surface area (Å²) in [6.45, 7) is 0.811. The molecule has 0 atom stereocenters. The maximum Gasteiger partial charge on any atom is 0.140 e. The molecule has 3 nitrogen and oxygen atoms in total. The topological polar surface area (TPSA) is 52.3 Å². The van der Waals surface area contributed by atoms with Crippen LogP contribution >= 0.6 is 0 Å². The summed E-state index contributed by atoms with van der Waals surface area (Å²) in [6, 6.07) is 5.43. The highest BCUT2D eigenvalue weighted by molar-refractivity contribution is 5.46. The maximum absolute atomic E-state index is 9.49. The molecule has 5 N–H and O–H groups in total. The van der Waals surface area contributed by atoms with Crippen molar-refractivity contribution in [3.8, 4) is 5.75 Å². The van der Waals surface area contributed by atoms with Crippen LogP contribution in [-0.4, -0.2) is 19.2 Å². The first-order valence-electron chi connectivity index (χ1n) is 4.03. The zero-order chi connectivity index (χ0) is 9.14. The number of hydrogen-bond acceptors (Lipinski definition) is 1. The van der Waals surface area contributed by atoms with Crippen molar-refractivity contribution in [3.63, 3.8) is 0 Å². The highest BCUT2D eigenvalue weighted by Gasteiger charge is 2.10. The lowest BCUT2D eigenvalue weighted by Gasteiger charge is -2.08. The fraction of sp³-hybridized carbons (Fsp3) is 0.333. The Labute approximate surface area is 72.4 Å². The number of quaternary nitrogens is 2. The van der Waals surface area contributed by atoms with E-state index in [0.717, 1.165) is 17.8 Å². The molecule has 0 aromatic heterocycles. The molecule has 3 heteroatoms. The molecular formula is C9H16N2O+2. The maximum atomic E-state index is 9.49. The minimum Gasteiger partial charge on any atom is -0.507 e. The van der Waals surface area contributed by atoms with Crippen molar-refractivity contribution in [2.75, 3.05) is 14.1 Å². The zero-order valence-electron chi connectivity index (χ0n) is 7.59. The summed E-state index contributed by atoms with van der Waals surface area (Å²) in [4.78, 5) is 1.28. The summed E-state index contributed by atoms with van der Waals surface area (Å²) in [5, 5.41) is 9.49. The van der Waals surface area contributed by atoms with Gasteiger partial charge in [-0.15, -0.1) is 0 Å². The van der Waals surface area contributed by atoms with Crippen molar-refractivity contribution in [2.24, 2.45) is 0 Å². The van der Waals surface area contributed by atoms with Crippen LogP contribution in [0.5, 0.6) is 5.75 Å². The first kappa shape index (κ1) is 9.03. The van der Waals surface area contributed by atoms with Crippen molar-refractivity contribution in [3.05, 3.63) is 23.8 Å². The second kappa shape index (κ2) is 3.56. The Morgan fingerprint density at radius 1 is 1.42 bits per heavy atom. The van der Waals surface area contributed by atoms with E-state index >= 15 is 0 Å². The van der Waals surface area contributed by atoms with Crippen molar-refractivity contribution in [2.45, 2.75) is 6.54 Å². The lowest BCUT2D eigenvalue weighted by molar-refractivity contribution is -0.872. The molecule has 1 aromatic carbocycles. The predicted molar refractivity (Wildman–Crippen MR) is 47.2 cm³/mol. The van der Waals surface area contributed by atoms with Crippen LogP contribution in [0.15, 0.2) is 18.2 Å². The standard InChI is InChI=1S/C9H14N2O/c1-11(2)6-7-8(10)4-3-5-9(7)12/h3-5,12H,6,10H2,1-2H3/p+2. The third kappa shape index (κ3) is 1.96. The summed E-state index contributed by atoms with van der Waals surface area (Å²) >= 11 is 0. The molecule has 0 spiro atoms. The second-order valence-electron chi connectivity index (χ2n) is 3.30. The third-order valence-corrected chi connectivity index (χ3v) is 1.78. The van der Waals surface area contributed by atoms with Crippen LogP contribution in [-0.2, 0) is 6.54 Å². The fourth-order valence-corrected chi connectivity index (χ4v) is 1.18. The van der Waals surface area contributed by atoms with Crippen LogP contribution in [0.4, 0.5) is 5.69 Å². The van der Waals surface area contributed by atoms with Crippen LogP contribution in [0.1, 0.15) is 5.56 Å². The van der Waals surface area contributed by atoms with Gasteiger partial charge >= 0.3 is 0 Å². The zero-order valence-corrected chi connectivity index (χ0v) is 7.59. The van der Waals surface area contributed by atoms with Gasteiger partial charge in [0.1, 0.15) is 23.5 Å². The smallest absolute Gasteiger partial charge is 0.140 e. The molecule has 0 fully saturated rings. The number of rotatable bonds is 2. The van der Waals surface area contributed by atoms with Gasteiger partial charge < -0.3 is 15.7 Å². The van der Waals surface area contributed by atoms with Gasteiger partial charge in [-0.3, -0.25) is 0 Å². The Hall–Kier alpha value is -1.06. The summed E-state index contributed by atoms with van der Waals surface area (Å²) in [6.07, 6.45) is 0. The van der Waals surface area contributed by atoms with Crippen LogP contribution in [0.25, 0.3) is 0 Å². The molecule has 0 aliphatic heterocycles. The van der Waals surface area contributed by atoms with Crippen LogP contribution in [0.3, 0.4) is 0 Å². The molecule has 0 saturated carbocycles. The Bertz CT molecular complexity index is 251. The molecule has 0 saturated heterocycles. The molecule has 0 radical (unpaired) electrons. The molecule has 0 bridgehead atoms. The molecule has 12 heavy (non-hydrogen) atoms. The Morgan fingerprint density at radius 3 is 2.58 bits per heavy atom. The summed E-state index contributed by atoms with van der Waals surface area (Å²) in [7, 11) is 4.10. The molecule has 0 heterocycles. The van der Waals surface area contributed by atoms with Crippen molar-refractivity contribution < 1.29 is 15.7 Å². The van der Waals surface area contributed by atoms with Gasteiger partial charge in [-0.25, -0.2) is 0 Å². The average Bonchev–Trinajstić information content (AvgIpc) is 1.97. The number of aromatic hydroxyl groups is 1. The number of hydrogen-bond donors (Lipinski definition) is 3. The van der Waals surface area contributed by atoms with Gasteiger partial charge in [0.15, 0.2) is 0 Å². The number of phenols is 1. The van der Waals surface area contributed by atoms with E-state index in [4.69, 9.17) is 0 Å². The van der Waals surface area contributed by atoms with Crippen LogP contribution in [0, 0.1) is 0 Å². The van der Waals surface area contributed by atoms with Gasteiger partial charge in [0.25, 0.3) is 0 Å². The molecular weight excluding hydrogens is 152 g/mol. The van der Waals surface area contributed by atoms with E-state index in [2.05, 4.69) is 5.73 Å². The Morgan fingerprint density at radius 2 is 2.08 bits per heavy atom. The molecule has 1 aromatic rings. The average molecular weight is 168 g/mol. The molecule has 1 rings (SSSR count). The van der Waals surface area contributed by atoms with Gasteiger partial charge in [0.2, 0.25) is 0 Å². The van der Waals surface area contributed by atoms with E-state index in [1.54, 1.807) is 6.07 Å². The SMILES string of the molecule is C[NH+](C)Cc1c([NH3+])cccc1O. The largest absolute Gasteiger partial charge is 0.507 e. The molecule has 0 amide bonds. The van der Waals surface area contributed by atoms with Gasteiger partial charge in [0.05, 0.1) is 14.1 Å². The number of nitrogens with one attached hydrogen (secondary N) is 1. The number of phenolic OH excluding ortho intramolecular Hbond substituents is 1. The fourth-order valence-electron chi connectivity index (χ4n) is 1.18. The molecule has 66 valence electrons. The van der Waals surface area contributed by atoms with Gasteiger partial charge in [-0.05, 0) is 12.1 Å². The van der Waals surface area contributed by atoms with E-state index < -0.39 is 0 Å². The molecule has 0 aliphatic carbocycles. The predicted octanol–water partition coefficient (Wildman–Crippen LogP) is -1.09. The number of benzene rings is 1. The first-order chi connectivity index (χ1) is 5.61. The highest BCUT2D eigenvalue weighted by Crippen LogP contribution is 2.20. The van der Waals surface area contributed by atoms with E-state index in [-0.39, 0.29) is 0 Å². The summed E-state index contributed by atoms with van der Waals surface area (Å²) in [5.74, 6) is 0.351. The van der Waals surface area contributed by atoms with E-state index in [1.807, 2.05) is 26.2 Å². The summed E-state index contributed by atoms with van der Waals surface area (Å²) in [5.41, 5.74) is 5.72.